The highest BCUT2D eigenvalue weighted by molar-refractivity contribution is 5.93. The normalized spacial score (nSPS) is 14.7. The number of halogens is 1. The van der Waals surface area contributed by atoms with E-state index in [1.165, 1.54) is 0 Å². The minimum atomic E-state index is -0.173. The Morgan fingerprint density at radius 1 is 1.47 bits per heavy atom. The van der Waals surface area contributed by atoms with Gasteiger partial charge in [0.1, 0.15) is 0 Å². The molecule has 2 rings (SSSR count). The lowest BCUT2D eigenvalue weighted by atomic mass is 9.98. The Bertz CT molecular complexity index is 491. The molecule has 6 heteroatoms. The van der Waals surface area contributed by atoms with E-state index in [1.54, 1.807) is 0 Å². The van der Waals surface area contributed by atoms with Gasteiger partial charge >= 0.3 is 0 Å². The molecule has 1 aromatic rings. The average molecular weight is 284 g/mol. The molecule has 19 heavy (non-hydrogen) atoms. The number of nitrogens with one attached hydrogen (secondary N) is 2. The van der Waals surface area contributed by atoms with Gasteiger partial charge in [0.05, 0.1) is 12.6 Å². The van der Waals surface area contributed by atoms with E-state index in [1.807, 2.05) is 25.1 Å². The Morgan fingerprint density at radius 2 is 2.21 bits per heavy atom. The summed E-state index contributed by atoms with van der Waals surface area (Å²) < 4.78 is 0. The molecule has 0 saturated carbocycles. The predicted molar refractivity (Wildman–Crippen MR) is 76.3 cm³/mol. The van der Waals surface area contributed by atoms with Gasteiger partial charge < -0.3 is 16.4 Å². The monoisotopic (exact) mass is 283 g/mol. The fraction of sp³-hybridized carbons (Fsp3) is 0.385. The molecule has 1 unspecified atom stereocenters. The van der Waals surface area contributed by atoms with Crippen LogP contribution >= 0.6 is 12.4 Å². The van der Waals surface area contributed by atoms with E-state index in [0.29, 0.717) is 6.42 Å². The molecule has 1 aliphatic rings. The van der Waals surface area contributed by atoms with Crippen molar-refractivity contribution in [1.29, 1.82) is 0 Å². The molecule has 0 bridgehead atoms. The summed E-state index contributed by atoms with van der Waals surface area (Å²) in [5, 5.41) is 5.64. The summed E-state index contributed by atoms with van der Waals surface area (Å²) in [6.45, 7) is 1.90. The van der Waals surface area contributed by atoms with Crippen molar-refractivity contribution in [3.05, 3.63) is 29.3 Å². The summed E-state index contributed by atoms with van der Waals surface area (Å²) >= 11 is 0. The van der Waals surface area contributed by atoms with Gasteiger partial charge in [0, 0.05) is 12.1 Å². The Kier molecular flexibility index (Phi) is 5.32. The molecule has 1 aliphatic heterocycles. The van der Waals surface area contributed by atoms with Crippen molar-refractivity contribution in [1.82, 2.24) is 5.32 Å². The summed E-state index contributed by atoms with van der Waals surface area (Å²) in [6, 6.07) is 5.73. The second kappa shape index (κ2) is 6.54. The van der Waals surface area contributed by atoms with Crippen LogP contribution in [0.4, 0.5) is 5.69 Å². The first-order valence-electron chi connectivity index (χ1n) is 6.02. The zero-order chi connectivity index (χ0) is 13.1. The zero-order valence-electron chi connectivity index (χ0n) is 10.7. The lowest BCUT2D eigenvalue weighted by molar-refractivity contribution is -0.120. The maximum atomic E-state index is 11.2. The Balaban J connectivity index is 0.00000180. The lowest BCUT2D eigenvalue weighted by Crippen LogP contribution is -2.32. The molecular formula is C13H18ClN3O2. The van der Waals surface area contributed by atoms with Gasteiger partial charge in [0.15, 0.2) is 0 Å². The standard InChI is InChI=1S/C13H17N3O2.ClH/c1-8(15-13(18)7-14)9-2-4-11-10(6-9)3-5-12(17)16-11;/h2,4,6,8H,3,5,7,14H2,1H3,(H,15,18)(H,16,17);1H. The number of hydrogen-bond acceptors (Lipinski definition) is 3. The van der Waals surface area contributed by atoms with Gasteiger partial charge in [0.2, 0.25) is 11.8 Å². The molecule has 1 heterocycles. The van der Waals surface area contributed by atoms with Crippen LogP contribution in [0.3, 0.4) is 0 Å². The van der Waals surface area contributed by atoms with Crippen LogP contribution in [0, 0.1) is 0 Å². The van der Waals surface area contributed by atoms with Crippen molar-refractivity contribution >= 4 is 29.9 Å². The number of benzene rings is 1. The maximum Gasteiger partial charge on any atom is 0.234 e. The van der Waals surface area contributed by atoms with Crippen LogP contribution < -0.4 is 16.4 Å². The van der Waals surface area contributed by atoms with E-state index in [-0.39, 0.29) is 36.8 Å². The summed E-state index contributed by atoms with van der Waals surface area (Å²) in [5.74, 6) is -0.117. The Morgan fingerprint density at radius 3 is 2.89 bits per heavy atom. The van der Waals surface area contributed by atoms with Crippen LogP contribution in [0.15, 0.2) is 18.2 Å². The number of rotatable bonds is 3. The van der Waals surface area contributed by atoms with Gasteiger partial charge in [-0.25, -0.2) is 0 Å². The molecule has 0 radical (unpaired) electrons. The van der Waals surface area contributed by atoms with E-state index in [4.69, 9.17) is 5.73 Å². The minimum absolute atomic E-state index is 0. The fourth-order valence-corrected chi connectivity index (χ4v) is 2.06. The third-order valence-electron chi connectivity index (χ3n) is 3.09. The molecule has 1 atom stereocenters. The molecular weight excluding hydrogens is 266 g/mol. The number of fused-ring (bicyclic) bond motifs is 1. The van der Waals surface area contributed by atoms with E-state index in [2.05, 4.69) is 10.6 Å². The quantitative estimate of drug-likeness (QED) is 0.777. The zero-order valence-corrected chi connectivity index (χ0v) is 11.5. The molecule has 4 N–H and O–H groups in total. The number of carbonyl (C=O) groups is 2. The van der Waals surface area contributed by atoms with Crippen LogP contribution in [0.25, 0.3) is 0 Å². The molecule has 5 nitrogen and oxygen atoms in total. The van der Waals surface area contributed by atoms with Crippen LogP contribution in [-0.2, 0) is 16.0 Å². The van der Waals surface area contributed by atoms with E-state index >= 15 is 0 Å². The number of aryl methyl sites for hydroxylation is 1. The van der Waals surface area contributed by atoms with E-state index in [9.17, 15) is 9.59 Å². The number of hydrogen-bond donors (Lipinski definition) is 3. The fourth-order valence-electron chi connectivity index (χ4n) is 2.06. The van der Waals surface area contributed by atoms with Crippen molar-refractivity contribution in [2.24, 2.45) is 5.73 Å². The molecule has 0 aromatic heterocycles. The number of carbonyl (C=O) groups excluding carboxylic acids is 2. The van der Waals surface area contributed by atoms with Crippen molar-refractivity contribution in [3.63, 3.8) is 0 Å². The first-order valence-corrected chi connectivity index (χ1v) is 6.02. The van der Waals surface area contributed by atoms with Crippen molar-refractivity contribution in [3.8, 4) is 0 Å². The molecule has 0 saturated heterocycles. The summed E-state index contributed by atoms with van der Waals surface area (Å²) in [7, 11) is 0. The van der Waals surface area contributed by atoms with Gasteiger partial charge in [-0.3, -0.25) is 9.59 Å². The second-order valence-corrected chi connectivity index (χ2v) is 4.46. The number of nitrogens with two attached hydrogens (primary N) is 1. The molecule has 1 aromatic carbocycles. The van der Waals surface area contributed by atoms with Crippen molar-refractivity contribution < 1.29 is 9.59 Å². The highest BCUT2D eigenvalue weighted by Crippen LogP contribution is 2.25. The Hall–Kier alpha value is -1.59. The third-order valence-corrected chi connectivity index (χ3v) is 3.09. The maximum absolute atomic E-state index is 11.2. The third kappa shape index (κ3) is 3.68. The largest absolute Gasteiger partial charge is 0.348 e. The van der Waals surface area contributed by atoms with Crippen LogP contribution in [0.5, 0.6) is 0 Å². The summed E-state index contributed by atoms with van der Waals surface area (Å²) in [4.78, 5) is 22.5. The summed E-state index contributed by atoms with van der Waals surface area (Å²) in [5.41, 5.74) is 8.27. The lowest BCUT2D eigenvalue weighted by Gasteiger charge is -2.20. The minimum Gasteiger partial charge on any atom is -0.348 e. The first kappa shape index (κ1) is 15.5. The van der Waals surface area contributed by atoms with Crippen molar-refractivity contribution in [2.75, 3.05) is 11.9 Å². The molecule has 2 amide bonds. The molecule has 0 aliphatic carbocycles. The summed E-state index contributed by atoms with van der Waals surface area (Å²) in [6.07, 6.45) is 1.26. The topological polar surface area (TPSA) is 84.2 Å². The van der Waals surface area contributed by atoms with Gasteiger partial charge in [-0.1, -0.05) is 12.1 Å². The van der Waals surface area contributed by atoms with Crippen LogP contribution in [0.2, 0.25) is 0 Å². The molecule has 0 spiro atoms. The van der Waals surface area contributed by atoms with E-state index < -0.39 is 0 Å². The highest BCUT2D eigenvalue weighted by atomic mass is 35.5. The predicted octanol–water partition coefficient (Wildman–Crippen LogP) is 1.13. The van der Waals surface area contributed by atoms with E-state index in [0.717, 1.165) is 23.2 Å². The number of anilines is 1. The SMILES string of the molecule is CC(NC(=O)CN)c1ccc2c(c1)CCC(=O)N2.Cl. The van der Waals surface area contributed by atoms with Gasteiger partial charge in [-0.15, -0.1) is 12.4 Å². The van der Waals surface area contributed by atoms with Crippen LogP contribution in [0.1, 0.15) is 30.5 Å². The van der Waals surface area contributed by atoms with Gasteiger partial charge in [0.25, 0.3) is 0 Å². The van der Waals surface area contributed by atoms with Crippen molar-refractivity contribution in [2.45, 2.75) is 25.8 Å². The smallest absolute Gasteiger partial charge is 0.234 e. The average Bonchev–Trinajstić information content (AvgIpc) is 2.37. The van der Waals surface area contributed by atoms with Gasteiger partial charge in [-0.05, 0) is 30.5 Å². The molecule has 0 fully saturated rings. The number of amides is 2. The first-order chi connectivity index (χ1) is 8.60. The van der Waals surface area contributed by atoms with Crippen LogP contribution in [-0.4, -0.2) is 18.4 Å². The molecule has 104 valence electrons. The highest BCUT2D eigenvalue weighted by Gasteiger charge is 2.16. The van der Waals surface area contributed by atoms with Gasteiger partial charge in [-0.2, -0.15) is 0 Å². The second-order valence-electron chi connectivity index (χ2n) is 4.46. The Labute approximate surface area is 118 Å².